The van der Waals surface area contributed by atoms with Crippen molar-refractivity contribution in [1.82, 2.24) is 0 Å². The second-order valence-corrected chi connectivity index (χ2v) is 3.25. The molecule has 96 valence electrons. The molecule has 0 aromatic heterocycles. The molecule has 0 amide bonds. The standard InChI is InChI=1S/C9H8F6N2/c10-8(11,12)5-1-2-6(9(13,14)15)7(17)4(5)3-16/h1-2H,3,16-17H2. The summed E-state index contributed by atoms with van der Waals surface area (Å²) in [5.74, 6) is 0. The highest BCUT2D eigenvalue weighted by Crippen LogP contribution is 2.40. The highest BCUT2D eigenvalue weighted by molar-refractivity contribution is 5.59. The first kappa shape index (κ1) is 13.6. The van der Waals surface area contributed by atoms with Gasteiger partial charge in [-0.05, 0) is 12.1 Å². The highest BCUT2D eigenvalue weighted by Gasteiger charge is 2.39. The topological polar surface area (TPSA) is 52.0 Å². The molecule has 1 rings (SSSR count). The molecule has 0 radical (unpaired) electrons. The third-order valence-electron chi connectivity index (χ3n) is 2.17. The van der Waals surface area contributed by atoms with Crippen molar-refractivity contribution < 1.29 is 26.3 Å². The minimum atomic E-state index is -4.81. The van der Waals surface area contributed by atoms with Crippen LogP contribution in [0.1, 0.15) is 16.7 Å². The van der Waals surface area contributed by atoms with Gasteiger partial charge in [0.25, 0.3) is 0 Å². The van der Waals surface area contributed by atoms with Gasteiger partial charge in [-0.25, -0.2) is 0 Å². The molecular weight excluding hydrogens is 250 g/mol. The van der Waals surface area contributed by atoms with Gasteiger partial charge in [0.15, 0.2) is 0 Å². The van der Waals surface area contributed by atoms with E-state index in [1.54, 1.807) is 0 Å². The molecule has 0 aliphatic heterocycles. The summed E-state index contributed by atoms with van der Waals surface area (Å²) in [4.78, 5) is 0. The lowest BCUT2D eigenvalue weighted by molar-refractivity contribution is -0.141. The van der Waals surface area contributed by atoms with Gasteiger partial charge in [-0.1, -0.05) is 0 Å². The SMILES string of the molecule is NCc1c(C(F)(F)F)ccc(C(F)(F)F)c1N. The summed E-state index contributed by atoms with van der Waals surface area (Å²) in [5, 5.41) is 0. The minimum absolute atomic E-state index is 0.303. The van der Waals surface area contributed by atoms with E-state index in [2.05, 4.69) is 0 Å². The van der Waals surface area contributed by atoms with Crippen LogP contribution in [-0.4, -0.2) is 0 Å². The third-order valence-corrected chi connectivity index (χ3v) is 2.17. The van der Waals surface area contributed by atoms with Crippen molar-refractivity contribution in [3.63, 3.8) is 0 Å². The van der Waals surface area contributed by atoms with E-state index in [1.807, 2.05) is 0 Å². The summed E-state index contributed by atoms with van der Waals surface area (Å²) in [6, 6.07) is 0.638. The van der Waals surface area contributed by atoms with Crippen molar-refractivity contribution in [1.29, 1.82) is 0 Å². The van der Waals surface area contributed by atoms with Crippen LogP contribution in [0.5, 0.6) is 0 Å². The van der Waals surface area contributed by atoms with E-state index in [0.717, 1.165) is 0 Å². The lowest BCUT2D eigenvalue weighted by Crippen LogP contribution is -2.18. The number of anilines is 1. The fourth-order valence-corrected chi connectivity index (χ4v) is 1.40. The van der Waals surface area contributed by atoms with Gasteiger partial charge in [-0.15, -0.1) is 0 Å². The van der Waals surface area contributed by atoms with Crippen LogP contribution in [-0.2, 0) is 18.9 Å². The first-order valence-corrected chi connectivity index (χ1v) is 4.35. The van der Waals surface area contributed by atoms with Crippen LogP contribution < -0.4 is 11.5 Å². The molecule has 0 fully saturated rings. The lowest BCUT2D eigenvalue weighted by atomic mass is 10.00. The average Bonchev–Trinajstić information content (AvgIpc) is 2.13. The van der Waals surface area contributed by atoms with Gasteiger partial charge in [0.1, 0.15) is 0 Å². The summed E-state index contributed by atoms with van der Waals surface area (Å²) in [7, 11) is 0. The van der Waals surface area contributed by atoms with Gasteiger partial charge in [0, 0.05) is 17.8 Å². The molecule has 0 aliphatic carbocycles. The lowest BCUT2D eigenvalue weighted by Gasteiger charge is -2.18. The Hall–Kier alpha value is -1.44. The predicted molar refractivity (Wildman–Crippen MR) is 48.7 cm³/mol. The Bertz CT molecular complexity index is 421. The average molecular weight is 258 g/mol. The molecule has 0 saturated carbocycles. The summed E-state index contributed by atoms with van der Waals surface area (Å²) >= 11 is 0. The predicted octanol–water partition coefficient (Wildman–Crippen LogP) is 2.77. The van der Waals surface area contributed by atoms with Crippen molar-refractivity contribution in [2.24, 2.45) is 5.73 Å². The summed E-state index contributed by atoms with van der Waals surface area (Å²) in [6.07, 6.45) is -9.59. The minimum Gasteiger partial charge on any atom is -0.398 e. The molecule has 0 atom stereocenters. The van der Waals surface area contributed by atoms with E-state index >= 15 is 0 Å². The molecular formula is C9H8F6N2. The van der Waals surface area contributed by atoms with E-state index in [1.165, 1.54) is 0 Å². The van der Waals surface area contributed by atoms with Crippen molar-refractivity contribution in [3.8, 4) is 0 Å². The Morgan fingerprint density at radius 1 is 0.882 bits per heavy atom. The van der Waals surface area contributed by atoms with Crippen LogP contribution in [0.25, 0.3) is 0 Å². The molecule has 0 saturated heterocycles. The van der Waals surface area contributed by atoms with Gasteiger partial charge in [-0.2, -0.15) is 26.3 Å². The van der Waals surface area contributed by atoms with Crippen LogP contribution in [0, 0.1) is 0 Å². The normalized spacial score (nSPS) is 12.9. The number of halogens is 6. The largest absolute Gasteiger partial charge is 0.418 e. The Morgan fingerprint density at radius 3 is 1.65 bits per heavy atom. The van der Waals surface area contributed by atoms with Crippen LogP contribution in [0.3, 0.4) is 0 Å². The van der Waals surface area contributed by atoms with Crippen molar-refractivity contribution in [2.45, 2.75) is 18.9 Å². The molecule has 0 heterocycles. The van der Waals surface area contributed by atoms with E-state index in [9.17, 15) is 26.3 Å². The highest BCUT2D eigenvalue weighted by atomic mass is 19.4. The number of nitrogens with two attached hydrogens (primary N) is 2. The monoisotopic (exact) mass is 258 g/mol. The van der Waals surface area contributed by atoms with Crippen molar-refractivity contribution in [2.75, 3.05) is 5.73 Å². The molecule has 2 nitrogen and oxygen atoms in total. The Labute approximate surface area is 92.2 Å². The fraction of sp³-hybridized carbons (Fsp3) is 0.333. The van der Waals surface area contributed by atoms with E-state index in [4.69, 9.17) is 11.5 Å². The zero-order valence-electron chi connectivity index (χ0n) is 8.28. The van der Waals surface area contributed by atoms with Gasteiger partial charge in [-0.3, -0.25) is 0 Å². The molecule has 0 aliphatic rings. The molecule has 17 heavy (non-hydrogen) atoms. The summed E-state index contributed by atoms with van der Waals surface area (Å²) in [5.41, 5.74) is 5.81. The number of alkyl halides is 6. The van der Waals surface area contributed by atoms with Gasteiger partial charge >= 0.3 is 12.4 Å². The maximum absolute atomic E-state index is 12.5. The van der Waals surface area contributed by atoms with Crippen LogP contribution in [0.4, 0.5) is 32.0 Å². The van der Waals surface area contributed by atoms with E-state index in [-0.39, 0.29) is 0 Å². The van der Waals surface area contributed by atoms with Crippen LogP contribution in [0.15, 0.2) is 12.1 Å². The number of hydrogen-bond donors (Lipinski definition) is 2. The van der Waals surface area contributed by atoms with E-state index < -0.39 is 41.3 Å². The number of nitrogen functional groups attached to an aromatic ring is 1. The molecule has 0 bridgehead atoms. The second kappa shape index (κ2) is 4.10. The number of benzene rings is 1. The number of hydrogen-bond acceptors (Lipinski definition) is 2. The smallest absolute Gasteiger partial charge is 0.398 e. The van der Waals surface area contributed by atoms with Crippen LogP contribution >= 0.6 is 0 Å². The maximum atomic E-state index is 12.5. The molecule has 4 N–H and O–H groups in total. The molecule has 0 spiro atoms. The quantitative estimate of drug-likeness (QED) is 0.601. The summed E-state index contributed by atoms with van der Waals surface area (Å²) < 4.78 is 74.5. The Kier molecular flexibility index (Phi) is 3.28. The maximum Gasteiger partial charge on any atom is 0.418 e. The second-order valence-electron chi connectivity index (χ2n) is 3.25. The van der Waals surface area contributed by atoms with Gasteiger partial charge < -0.3 is 11.5 Å². The van der Waals surface area contributed by atoms with E-state index in [0.29, 0.717) is 12.1 Å². The van der Waals surface area contributed by atoms with Gasteiger partial charge in [0.05, 0.1) is 11.1 Å². The fourth-order valence-electron chi connectivity index (χ4n) is 1.40. The molecule has 1 aromatic carbocycles. The zero-order chi connectivity index (χ0) is 13.4. The zero-order valence-corrected chi connectivity index (χ0v) is 8.28. The Balaban J connectivity index is 3.49. The van der Waals surface area contributed by atoms with Crippen molar-refractivity contribution >= 4 is 5.69 Å². The van der Waals surface area contributed by atoms with Crippen molar-refractivity contribution in [3.05, 3.63) is 28.8 Å². The molecule has 0 unspecified atom stereocenters. The Morgan fingerprint density at radius 2 is 1.29 bits per heavy atom. The third kappa shape index (κ3) is 2.63. The first-order chi connectivity index (χ1) is 7.59. The van der Waals surface area contributed by atoms with Crippen LogP contribution in [0.2, 0.25) is 0 Å². The first-order valence-electron chi connectivity index (χ1n) is 4.35. The molecule has 1 aromatic rings. The van der Waals surface area contributed by atoms with Gasteiger partial charge in [0.2, 0.25) is 0 Å². The summed E-state index contributed by atoms with van der Waals surface area (Å²) in [6.45, 7) is -0.718. The molecule has 8 heteroatoms. The number of rotatable bonds is 1.